The molecular weight excluding hydrogens is 379 g/mol. The van der Waals surface area contributed by atoms with E-state index in [1.165, 1.54) is 0 Å². The predicted molar refractivity (Wildman–Crippen MR) is 112 cm³/mol. The summed E-state index contributed by atoms with van der Waals surface area (Å²) in [4.78, 5) is 20.7. The Morgan fingerprint density at radius 1 is 1.13 bits per heavy atom. The van der Waals surface area contributed by atoms with Gasteiger partial charge in [-0.05, 0) is 30.2 Å². The highest BCUT2D eigenvalue weighted by molar-refractivity contribution is 6.31. The lowest BCUT2D eigenvalue weighted by Gasteiger charge is -2.06. The first kappa shape index (κ1) is 19.7. The van der Waals surface area contributed by atoms with Crippen LogP contribution in [-0.2, 0) is 11.2 Å². The van der Waals surface area contributed by atoms with E-state index in [0.717, 1.165) is 24.0 Å². The van der Waals surface area contributed by atoms with E-state index in [1.807, 2.05) is 31.2 Å². The zero-order valence-corrected chi connectivity index (χ0v) is 16.5. The number of carbonyl (C=O) groups excluding carboxylic acids is 1. The highest BCUT2D eigenvalue weighted by atomic mass is 16.5. The maximum atomic E-state index is 12.2. The Bertz CT molecular complexity index is 1180. The number of hydrogen-bond donors (Lipinski definition) is 0. The zero-order valence-electron chi connectivity index (χ0n) is 16.5. The molecule has 4 rings (SSSR count). The average molecular weight is 398 g/mol. The van der Waals surface area contributed by atoms with E-state index in [-0.39, 0.29) is 5.69 Å². The van der Waals surface area contributed by atoms with Crippen LogP contribution in [0.1, 0.15) is 41.6 Å². The van der Waals surface area contributed by atoms with Crippen LogP contribution in [0.3, 0.4) is 0 Å². The number of aromatic nitrogens is 6. The van der Waals surface area contributed by atoms with Gasteiger partial charge in [0.25, 0.3) is 0 Å². The standard InChI is InChI=1S/C21H19BN6O2/c1-2-3-9-30-21(29)17-7-8-18-25-26-19(28(18)27-17)11-14-5-4-6-15(10-14)20-23-12-16(22)13-24-20/h4-8,10,12-13H,2-3,9,11H2,1H3. The fraction of sp³-hybridized carbons (Fsp3) is 0.238. The number of rotatable bonds is 7. The number of fused-ring (bicyclic) bond motifs is 1. The number of benzene rings is 1. The first-order valence-corrected chi connectivity index (χ1v) is 9.69. The monoisotopic (exact) mass is 398 g/mol. The van der Waals surface area contributed by atoms with Crippen molar-refractivity contribution < 1.29 is 9.53 Å². The van der Waals surface area contributed by atoms with Gasteiger partial charge >= 0.3 is 5.97 Å². The molecule has 9 heteroatoms. The van der Waals surface area contributed by atoms with Crippen LogP contribution in [0, 0.1) is 0 Å². The molecule has 0 bridgehead atoms. The summed E-state index contributed by atoms with van der Waals surface area (Å²) in [5.74, 6) is 0.753. The topological polar surface area (TPSA) is 95.2 Å². The van der Waals surface area contributed by atoms with Crippen LogP contribution in [0.25, 0.3) is 17.0 Å². The van der Waals surface area contributed by atoms with Crippen LogP contribution in [-0.4, -0.2) is 50.2 Å². The van der Waals surface area contributed by atoms with Crippen LogP contribution >= 0.6 is 0 Å². The summed E-state index contributed by atoms with van der Waals surface area (Å²) in [6, 6.07) is 11.1. The molecule has 3 aromatic heterocycles. The Hall–Kier alpha value is -3.62. The smallest absolute Gasteiger partial charge is 0.358 e. The van der Waals surface area contributed by atoms with Gasteiger partial charge in [-0.1, -0.05) is 37.0 Å². The minimum Gasteiger partial charge on any atom is -0.461 e. The maximum Gasteiger partial charge on any atom is 0.358 e. The number of hydrogen-bond acceptors (Lipinski definition) is 7. The van der Waals surface area contributed by atoms with Crippen molar-refractivity contribution >= 4 is 24.9 Å². The molecule has 0 fully saturated rings. The number of carbonyl (C=O) groups is 1. The molecule has 148 valence electrons. The molecule has 4 aromatic rings. The highest BCUT2D eigenvalue weighted by Crippen LogP contribution is 2.17. The third-order valence-electron chi connectivity index (χ3n) is 4.49. The van der Waals surface area contributed by atoms with Crippen LogP contribution < -0.4 is 5.46 Å². The molecule has 0 spiro atoms. The second-order valence-electron chi connectivity index (χ2n) is 6.81. The Balaban J connectivity index is 1.58. The van der Waals surface area contributed by atoms with Gasteiger partial charge in [-0.25, -0.2) is 14.8 Å². The van der Waals surface area contributed by atoms with E-state index in [9.17, 15) is 4.79 Å². The molecule has 0 saturated carbocycles. The molecule has 0 unspecified atom stereocenters. The molecule has 0 saturated heterocycles. The molecule has 0 aliphatic heterocycles. The van der Waals surface area contributed by atoms with Crippen molar-refractivity contribution in [2.24, 2.45) is 0 Å². The molecule has 0 amide bonds. The number of ether oxygens (including phenoxy) is 1. The predicted octanol–water partition coefficient (Wildman–Crippen LogP) is 1.92. The molecule has 0 aliphatic carbocycles. The molecule has 0 N–H and O–H groups in total. The number of esters is 1. The van der Waals surface area contributed by atoms with Crippen LogP contribution in [0.4, 0.5) is 0 Å². The Kier molecular flexibility index (Phi) is 5.78. The van der Waals surface area contributed by atoms with Gasteiger partial charge in [0.2, 0.25) is 0 Å². The van der Waals surface area contributed by atoms with Crippen molar-refractivity contribution in [2.45, 2.75) is 26.2 Å². The van der Waals surface area contributed by atoms with Gasteiger partial charge in [-0.3, -0.25) is 0 Å². The normalized spacial score (nSPS) is 11.0. The highest BCUT2D eigenvalue weighted by Gasteiger charge is 2.14. The summed E-state index contributed by atoms with van der Waals surface area (Å²) in [5, 5.41) is 12.8. The fourth-order valence-electron chi connectivity index (χ4n) is 2.93. The van der Waals surface area contributed by atoms with Gasteiger partial charge in [-0.15, -0.1) is 10.2 Å². The summed E-state index contributed by atoms with van der Waals surface area (Å²) in [5.41, 5.74) is 3.16. The second kappa shape index (κ2) is 8.81. The van der Waals surface area contributed by atoms with E-state index in [2.05, 4.69) is 25.3 Å². The molecular formula is C21H19BN6O2. The van der Waals surface area contributed by atoms with Gasteiger partial charge < -0.3 is 4.74 Å². The summed E-state index contributed by atoms with van der Waals surface area (Å²) in [6.45, 7) is 2.42. The minimum absolute atomic E-state index is 0.226. The largest absolute Gasteiger partial charge is 0.461 e. The molecule has 0 atom stereocenters. The van der Waals surface area contributed by atoms with Crippen molar-refractivity contribution in [1.82, 2.24) is 29.8 Å². The van der Waals surface area contributed by atoms with E-state index in [1.54, 1.807) is 29.0 Å². The Labute approximate surface area is 174 Å². The molecule has 2 radical (unpaired) electrons. The first-order chi connectivity index (χ1) is 14.6. The van der Waals surface area contributed by atoms with Crippen LogP contribution in [0.2, 0.25) is 0 Å². The van der Waals surface area contributed by atoms with Crippen molar-refractivity contribution in [3.05, 3.63) is 65.9 Å². The quantitative estimate of drug-likeness (QED) is 0.267. The van der Waals surface area contributed by atoms with Crippen molar-refractivity contribution in [2.75, 3.05) is 6.61 Å². The SMILES string of the molecule is [B]c1cnc(-c2cccc(Cc3nnc4ccc(C(=O)OCCCC)nn34)c2)nc1. The molecule has 3 heterocycles. The molecule has 1 aromatic carbocycles. The first-order valence-electron chi connectivity index (χ1n) is 9.69. The number of nitrogens with zero attached hydrogens (tertiary/aromatic N) is 6. The molecule has 30 heavy (non-hydrogen) atoms. The van der Waals surface area contributed by atoms with E-state index >= 15 is 0 Å². The lowest BCUT2D eigenvalue weighted by molar-refractivity contribution is 0.0491. The third kappa shape index (κ3) is 4.35. The maximum absolute atomic E-state index is 12.2. The van der Waals surface area contributed by atoms with Crippen LogP contribution in [0.15, 0.2) is 48.8 Å². The van der Waals surface area contributed by atoms with Crippen molar-refractivity contribution in [3.63, 3.8) is 0 Å². The average Bonchev–Trinajstić information content (AvgIpc) is 3.16. The Morgan fingerprint density at radius 2 is 1.97 bits per heavy atom. The minimum atomic E-state index is -0.451. The summed E-state index contributed by atoms with van der Waals surface area (Å²) in [7, 11) is 5.66. The summed E-state index contributed by atoms with van der Waals surface area (Å²) >= 11 is 0. The lowest BCUT2D eigenvalue weighted by atomic mass is 10.0. The molecule has 0 aliphatic rings. The van der Waals surface area contributed by atoms with Gasteiger partial charge in [0, 0.05) is 24.4 Å². The fourth-order valence-corrected chi connectivity index (χ4v) is 2.93. The molecule has 8 nitrogen and oxygen atoms in total. The van der Waals surface area contributed by atoms with Crippen molar-refractivity contribution in [1.29, 1.82) is 0 Å². The van der Waals surface area contributed by atoms with E-state index in [4.69, 9.17) is 12.6 Å². The van der Waals surface area contributed by atoms with Gasteiger partial charge in [0.05, 0.1) is 6.61 Å². The van der Waals surface area contributed by atoms with Gasteiger partial charge in [0.1, 0.15) is 7.85 Å². The second-order valence-corrected chi connectivity index (χ2v) is 6.81. The lowest BCUT2D eigenvalue weighted by Crippen LogP contribution is -2.11. The Morgan fingerprint density at radius 3 is 2.77 bits per heavy atom. The van der Waals surface area contributed by atoms with Gasteiger partial charge in [-0.2, -0.15) is 9.61 Å². The van der Waals surface area contributed by atoms with E-state index < -0.39 is 5.97 Å². The van der Waals surface area contributed by atoms with Gasteiger partial charge in [0.15, 0.2) is 23.0 Å². The summed E-state index contributed by atoms with van der Waals surface area (Å²) < 4.78 is 6.82. The zero-order chi connectivity index (χ0) is 20.9. The van der Waals surface area contributed by atoms with Crippen molar-refractivity contribution in [3.8, 4) is 11.4 Å². The van der Waals surface area contributed by atoms with Crippen LogP contribution in [0.5, 0.6) is 0 Å². The van der Waals surface area contributed by atoms with E-state index in [0.29, 0.717) is 35.8 Å². The summed E-state index contributed by atoms with van der Waals surface area (Å²) in [6.07, 6.45) is 5.40. The number of unbranched alkanes of at least 4 members (excludes halogenated alkanes) is 1. The third-order valence-corrected chi connectivity index (χ3v) is 4.49.